The summed E-state index contributed by atoms with van der Waals surface area (Å²) in [6.45, 7) is 4.35. The van der Waals surface area contributed by atoms with E-state index in [1.165, 1.54) is 10.5 Å². The number of amides is 3. The number of aryl methyl sites for hydroxylation is 2. The van der Waals surface area contributed by atoms with Gasteiger partial charge >= 0.3 is 0 Å². The maximum Gasteiger partial charge on any atom is 0.233 e. The average molecular weight is 340 g/mol. The molecule has 1 aromatic carbocycles. The minimum atomic E-state index is -0.193. The number of allylic oxidation sites excluding steroid dienone is 2. The van der Waals surface area contributed by atoms with Gasteiger partial charge in [-0.25, -0.2) is 0 Å². The number of fused-ring (bicyclic) bond motifs is 1. The van der Waals surface area contributed by atoms with Gasteiger partial charge in [-0.15, -0.1) is 0 Å². The smallest absolute Gasteiger partial charge is 0.233 e. The number of carbonyl (C=O) groups is 3. The van der Waals surface area contributed by atoms with Crippen molar-refractivity contribution < 1.29 is 14.4 Å². The van der Waals surface area contributed by atoms with Gasteiger partial charge in [0.25, 0.3) is 0 Å². The average Bonchev–Trinajstić information content (AvgIpc) is 2.83. The minimum Gasteiger partial charge on any atom is -0.326 e. The molecule has 132 valence electrons. The lowest BCUT2D eigenvalue weighted by atomic mass is 9.85. The van der Waals surface area contributed by atoms with Gasteiger partial charge in [-0.3, -0.25) is 19.3 Å². The Morgan fingerprint density at radius 2 is 1.72 bits per heavy atom. The Morgan fingerprint density at radius 1 is 1.08 bits per heavy atom. The van der Waals surface area contributed by atoms with Crippen molar-refractivity contribution in [3.63, 3.8) is 0 Å². The standard InChI is InChI=1S/C20H24N2O3/c1-13-9-10-15(12-14(13)2)21-18(23)8-5-11-22-19(24)16-6-3-4-7-17(16)20(22)25/h3-4,9-10,12,16-17H,5-8,11H2,1-2H3,(H,21,23)/t16-,17+. The van der Waals surface area contributed by atoms with Crippen LogP contribution in [0.5, 0.6) is 0 Å². The maximum absolute atomic E-state index is 12.4. The number of anilines is 1. The molecule has 3 amide bonds. The second-order valence-electron chi connectivity index (χ2n) is 6.93. The van der Waals surface area contributed by atoms with Crippen molar-refractivity contribution in [3.05, 3.63) is 41.5 Å². The number of rotatable bonds is 5. The molecule has 1 heterocycles. The van der Waals surface area contributed by atoms with Gasteiger partial charge in [-0.2, -0.15) is 0 Å². The number of benzene rings is 1. The van der Waals surface area contributed by atoms with Gasteiger partial charge in [0.2, 0.25) is 17.7 Å². The number of hydrogen-bond donors (Lipinski definition) is 1. The van der Waals surface area contributed by atoms with Crippen molar-refractivity contribution in [2.75, 3.05) is 11.9 Å². The van der Waals surface area contributed by atoms with E-state index in [0.717, 1.165) is 11.3 Å². The van der Waals surface area contributed by atoms with E-state index in [9.17, 15) is 14.4 Å². The van der Waals surface area contributed by atoms with Gasteiger partial charge in [0.15, 0.2) is 0 Å². The molecule has 1 fully saturated rings. The third-order valence-electron chi connectivity index (χ3n) is 5.18. The van der Waals surface area contributed by atoms with Crippen LogP contribution in [0.3, 0.4) is 0 Å². The van der Waals surface area contributed by atoms with E-state index in [-0.39, 0.29) is 36.0 Å². The second-order valence-corrected chi connectivity index (χ2v) is 6.93. The Bertz CT molecular complexity index is 712. The zero-order valence-corrected chi connectivity index (χ0v) is 14.7. The Hall–Kier alpha value is -2.43. The highest BCUT2D eigenvalue weighted by molar-refractivity contribution is 6.05. The van der Waals surface area contributed by atoms with Crippen LogP contribution in [0, 0.1) is 25.7 Å². The summed E-state index contributed by atoms with van der Waals surface area (Å²) in [4.78, 5) is 38.2. The van der Waals surface area contributed by atoms with Crippen LogP contribution in [-0.2, 0) is 14.4 Å². The third-order valence-corrected chi connectivity index (χ3v) is 5.18. The number of nitrogens with one attached hydrogen (secondary N) is 1. The summed E-state index contributed by atoms with van der Waals surface area (Å²) < 4.78 is 0. The molecule has 5 nitrogen and oxygen atoms in total. The largest absolute Gasteiger partial charge is 0.326 e. The number of hydrogen-bond acceptors (Lipinski definition) is 3. The minimum absolute atomic E-state index is 0.0751. The summed E-state index contributed by atoms with van der Waals surface area (Å²) in [5.74, 6) is -0.631. The lowest BCUT2D eigenvalue weighted by Crippen LogP contribution is -2.32. The maximum atomic E-state index is 12.4. The molecule has 1 N–H and O–H groups in total. The molecule has 3 rings (SSSR count). The van der Waals surface area contributed by atoms with Crippen LogP contribution in [0.1, 0.15) is 36.8 Å². The van der Waals surface area contributed by atoms with Crippen molar-refractivity contribution in [1.82, 2.24) is 4.90 Å². The molecule has 5 heteroatoms. The molecular weight excluding hydrogens is 316 g/mol. The van der Waals surface area contributed by atoms with Crippen molar-refractivity contribution in [2.45, 2.75) is 39.5 Å². The molecule has 0 saturated carbocycles. The zero-order valence-electron chi connectivity index (χ0n) is 14.7. The normalized spacial score (nSPS) is 22.2. The predicted octanol–water partition coefficient (Wildman–Crippen LogP) is 2.97. The van der Waals surface area contributed by atoms with Crippen LogP contribution in [0.2, 0.25) is 0 Å². The first-order valence-electron chi connectivity index (χ1n) is 8.84. The molecule has 1 aliphatic heterocycles. The Morgan fingerprint density at radius 3 is 2.32 bits per heavy atom. The van der Waals surface area contributed by atoms with Crippen LogP contribution >= 0.6 is 0 Å². The molecule has 0 radical (unpaired) electrons. The predicted molar refractivity (Wildman–Crippen MR) is 95.9 cm³/mol. The van der Waals surface area contributed by atoms with Crippen LogP contribution in [0.15, 0.2) is 30.4 Å². The van der Waals surface area contributed by atoms with Gasteiger partial charge in [0.1, 0.15) is 0 Å². The van der Waals surface area contributed by atoms with E-state index in [1.54, 1.807) is 0 Å². The third kappa shape index (κ3) is 3.65. The first-order chi connectivity index (χ1) is 12.0. The number of nitrogens with zero attached hydrogens (tertiary/aromatic N) is 1. The fourth-order valence-corrected chi connectivity index (χ4v) is 3.53. The summed E-state index contributed by atoms with van der Waals surface area (Å²) in [6, 6.07) is 5.80. The van der Waals surface area contributed by atoms with Crippen molar-refractivity contribution in [2.24, 2.45) is 11.8 Å². The van der Waals surface area contributed by atoms with Crippen LogP contribution < -0.4 is 5.32 Å². The van der Waals surface area contributed by atoms with Crippen molar-refractivity contribution in [3.8, 4) is 0 Å². The van der Waals surface area contributed by atoms with E-state index in [0.29, 0.717) is 25.8 Å². The van der Waals surface area contributed by atoms with E-state index < -0.39 is 0 Å². The highest BCUT2D eigenvalue weighted by atomic mass is 16.2. The lowest BCUT2D eigenvalue weighted by molar-refractivity contribution is -0.140. The SMILES string of the molecule is Cc1ccc(NC(=O)CCCN2C(=O)[C@H]3CC=CC[C@H]3C2=O)cc1C. The van der Waals surface area contributed by atoms with Gasteiger partial charge in [-0.1, -0.05) is 18.2 Å². The van der Waals surface area contributed by atoms with Gasteiger partial charge < -0.3 is 5.32 Å². The summed E-state index contributed by atoms with van der Waals surface area (Å²) >= 11 is 0. The highest BCUT2D eigenvalue weighted by Gasteiger charge is 2.46. The first kappa shape index (κ1) is 17.4. The summed E-state index contributed by atoms with van der Waals surface area (Å²) in [5.41, 5.74) is 3.08. The highest BCUT2D eigenvalue weighted by Crippen LogP contribution is 2.35. The van der Waals surface area contributed by atoms with E-state index in [4.69, 9.17) is 0 Å². The first-order valence-corrected chi connectivity index (χ1v) is 8.84. The number of carbonyl (C=O) groups excluding carboxylic acids is 3. The Balaban J connectivity index is 1.49. The number of likely N-dealkylation sites (tertiary alicyclic amines) is 1. The fraction of sp³-hybridized carbons (Fsp3) is 0.450. The lowest BCUT2D eigenvalue weighted by Gasteiger charge is -2.14. The molecule has 1 saturated heterocycles. The van der Waals surface area contributed by atoms with Crippen molar-refractivity contribution in [1.29, 1.82) is 0 Å². The Labute approximate surface area is 148 Å². The summed E-state index contributed by atoms with van der Waals surface area (Å²) in [5, 5.41) is 2.87. The molecule has 0 aromatic heterocycles. The van der Waals surface area contributed by atoms with Crippen LogP contribution in [0.4, 0.5) is 5.69 Å². The number of imide groups is 1. The molecule has 2 aliphatic rings. The van der Waals surface area contributed by atoms with E-state index >= 15 is 0 Å². The quantitative estimate of drug-likeness (QED) is 0.662. The fourth-order valence-electron chi connectivity index (χ4n) is 3.53. The zero-order chi connectivity index (χ0) is 18.0. The molecule has 0 bridgehead atoms. The van der Waals surface area contributed by atoms with Gasteiger partial charge in [0, 0.05) is 18.7 Å². The molecule has 1 aliphatic carbocycles. The van der Waals surface area contributed by atoms with E-state index in [2.05, 4.69) is 5.32 Å². The summed E-state index contributed by atoms with van der Waals surface area (Å²) in [6.07, 6.45) is 6.04. The molecule has 2 atom stereocenters. The Kier molecular flexibility index (Phi) is 5.02. The van der Waals surface area contributed by atoms with Crippen molar-refractivity contribution >= 4 is 23.4 Å². The molecular formula is C20H24N2O3. The molecule has 25 heavy (non-hydrogen) atoms. The van der Waals surface area contributed by atoms with Gasteiger partial charge in [-0.05, 0) is 56.4 Å². The molecule has 0 unspecified atom stereocenters. The van der Waals surface area contributed by atoms with Crippen LogP contribution in [-0.4, -0.2) is 29.2 Å². The van der Waals surface area contributed by atoms with Gasteiger partial charge in [0.05, 0.1) is 11.8 Å². The molecule has 1 aromatic rings. The second kappa shape index (κ2) is 7.21. The molecule has 0 spiro atoms. The monoisotopic (exact) mass is 340 g/mol. The topological polar surface area (TPSA) is 66.5 Å². The van der Waals surface area contributed by atoms with E-state index in [1.807, 2.05) is 44.2 Å². The van der Waals surface area contributed by atoms with Crippen LogP contribution in [0.25, 0.3) is 0 Å². The summed E-state index contributed by atoms with van der Waals surface area (Å²) in [7, 11) is 0.